The van der Waals surface area contributed by atoms with Crippen molar-refractivity contribution in [3.63, 3.8) is 0 Å². The van der Waals surface area contributed by atoms with Crippen LogP contribution in [0.5, 0.6) is 0 Å². The van der Waals surface area contributed by atoms with E-state index in [0.29, 0.717) is 23.1 Å². The van der Waals surface area contributed by atoms with Crippen LogP contribution >= 0.6 is 0 Å². The molecule has 0 heterocycles. The van der Waals surface area contributed by atoms with Gasteiger partial charge in [-0.2, -0.15) is 0 Å². The first kappa shape index (κ1) is 19.1. The van der Waals surface area contributed by atoms with Crippen LogP contribution in [0.25, 0.3) is 5.57 Å². The lowest BCUT2D eigenvalue weighted by Crippen LogP contribution is -2.16. The molecule has 0 aliphatic heterocycles. The second-order valence-corrected chi connectivity index (χ2v) is 5.70. The van der Waals surface area contributed by atoms with E-state index in [-0.39, 0.29) is 18.1 Å². The van der Waals surface area contributed by atoms with Gasteiger partial charge in [-0.25, -0.2) is 0 Å². The number of carbonyl (C=O) groups excluding carboxylic acids is 3. The van der Waals surface area contributed by atoms with Crippen LogP contribution in [0.1, 0.15) is 29.3 Å². The number of Topliss-reactive ketones (excluding diaryl/α,β-unsaturated/α-hetero) is 2. The molecule has 0 saturated heterocycles. The molecule has 0 aliphatic carbocycles. The van der Waals surface area contributed by atoms with Crippen LogP contribution in [0, 0.1) is 0 Å². The molecule has 2 aromatic rings. The Kier molecular flexibility index (Phi) is 6.80. The van der Waals surface area contributed by atoms with Gasteiger partial charge in [0, 0.05) is 24.5 Å². The molecule has 132 valence electrons. The fourth-order valence-electron chi connectivity index (χ4n) is 2.34. The fraction of sp³-hybridized carbons (Fsp3) is 0.136. The van der Waals surface area contributed by atoms with Crippen molar-refractivity contribution < 1.29 is 19.1 Å². The second kappa shape index (κ2) is 9.28. The maximum Gasteiger partial charge on any atom is 0.302 e. The zero-order valence-electron chi connectivity index (χ0n) is 14.6. The highest BCUT2D eigenvalue weighted by atomic mass is 16.5. The van der Waals surface area contributed by atoms with Crippen LogP contribution in [-0.4, -0.2) is 24.1 Å². The van der Waals surface area contributed by atoms with Gasteiger partial charge in [0.05, 0.1) is 6.61 Å². The summed E-state index contributed by atoms with van der Waals surface area (Å²) in [7, 11) is 0. The number of benzene rings is 2. The summed E-state index contributed by atoms with van der Waals surface area (Å²) >= 11 is 0. The Morgan fingerprint density at radius 2 is 1.46 bits per heavy atom. The molecular formula is C22H20O4. The van der Waals surface area contributed by atoms with E-state index < -0.39 is 11.6 Å². The molecule has 0 amide bonds. The third-order valence-electron chi connectivity index (χ3n) is 3.65. The van der Waals surface area contributed by atoms with Gasteiger partial charge in [0.2, 0.25) is 11.6 Å². The highest BCUT2D eigenvalue weighted by Crippen LogP contribution is 2.20. The van der Waals surface area contributed by atoms with Crippen LogP contribution < -0.4 is 0 Å². The molecule has 2 aromatic carbocycles. The van der Waals surface area contributed by atoms with Crippen LogP contribution in [0.3, 0.4) is 0 Å². The molecule has 0 fully saturated rings. The highest BCUT2D eigenvalue weighted by molar-refractivity contribution is 6.58. The van der Waals surface area contributed by atoms with Gasteiger partial charge >= 0.3 is 5.97 Å². The summed E-state index contributed by atoms with van der Waals surface area (Å²) in [6.07, 6.45) is 1.96. The summed E-state index contributed by atoms with van der Waals surface area (Å²) in [4.78, 5) is 36.2. The lowest BCUT2D eigenvalue weighted by atomic mass is 9.94. The Hall–Kier alpha value is -3.27. The number of esters is 1. The lowest BCUT2D eigenvalue weighted by Gasteiger charge is -2.09. The van der Waals surface area contributed by atoms with Crippen molar-refractivity contribution in [1.82, 2.24) is 0 Å². The molecule has 0 N–H and O–H groups in total. The molecule has 2 rings (SSSR count). The van der Waals surface area contributed by atoms with Crippen molar-refractivity contribution in [2.75, 3.05) is 6.61 Å². The van der Waals surface area contributed by atoms with Crippen molar-refractivity contribution in [2.24, 2.45) is 0 Å². The van der Waals surface area contributed by atoms with Crippen LogP contribution in [0.4, 0.5) is 0 Å². The van der Waals surface area contributed by atoms with E-state index in [4.69, 9.17) is 4.74 Å². The standard InChI is InChI=1S/C22H20O4/c1-16(13-14-26-17(2)23)15-20(18-9-5-3-6-10-18)22(25)21(24)19-11-7-4-8-12-19/h3-12,15H,1,13-14H2,2H3/b20-15+. The molecule has 0 spiro atoms. The van der Waals surface area contributed by atoms with Gasteiger partial charge in [-0.15, -0.1) is 0 Å². The van der Waals surface area contributed by atoms with E-state index in [9.17, 15) is 14.4 Å². The monoisotopic (exact) mass is 348 g/mol. The number of rotatable bonds is 8. The molecule has 4 nitrogen and oxygen atoms in total. The molecule has 0 unspecified atom stereocenters. The zero-order valence-corrected chi connectivity index (χ0v) is 14.6. The van der Waals surface area contributed by atoms with E-state index in [2.05, 4.69) is 6.58 Å². The number of ether oxygens (including phenoxy) is 1. The zero-order chi connectivity index (χ0) is 18.9. The molecule has 0 saturated carbocycles. The lowest BCUT2D eigenvalue weighted by molar-refractivity contribution is -0.140. The molecule has 26 heavy (non-hydrogen) atoms. The molecule has 0 atom stereocenters. The Labute approximate surface area is 152 Å². The Balaban J connectivity index is 2.28. The fourth-order valence-corrected chi connectivity index (χ4v) is 2.34. The van der Waals surface area contributed by atoms with E-state index in [0.717, 1.165) is 0 Å². The molecule has 0 bridgehead atoms. The van der Waals surface area contributed by atoms with Gasteiger partial charge in [0.25, 0.3) is 0 Å². The van der Waals surface area contributed by atoms with Crippen molar-refractivity contribution in [1.29, 1.82) is 0 Å². The van der Waals surface area contributed by atoms with E-state index in [1.165, 1.54) is 6.92 Å². The van der Waals surface area contributed by atoms with Gasteiger partial charge in [-0.05, 0) is 11.6 Å². The van der Waals surface area contributed by atoms with Gasteiger partial charge in [0.1, 0.15) is 0 Å². The first-order valence-corrected chi connectivity index (χ1v) is 8.21. The van der Waals surface area contributed by atoms with Crippen molar-refractivity contribution in [2.45, 2.75) is 13.3 Å². The summed E-state index contributed by atoms with van der Waals surface area (Å²) < 4.78 is 4.90. The summed E-state index contributed by atoms with van der Waals surface area (Å²) in [5.74, 6) is -1.55. The number of carbonyl (C=O) groups is 3. The molecule has 0 radical (unpaired) electrons. The van der Waals surface area contributed by atoms with Gasteiger partial charge in [-0.1, -0.05) is 72.8 Å². The minimum atomic E-state index is -0.601. The second-order valence-electron chi connectivity index (χ2n) is 5.70. The van der Waals surface area contributed by atoms with Crippen LogP contribution in [-0.2, 0) is 14.3 Å². The largest absolute Gasteiger partial charge is 0.466 e. The first-order chi connectivity index (χ1) is 12.5. The number of ketones is 2. The summed E-state index contributed by atoms with van der Waals surface area (Å²) in [5.41, 5.74) is 1.84. The van der Waals surface area contributed by atoms with Crippen LogP contribution in [0.2, 0.25) is 0 Å². The quantitative estimate of drug-likeness (QED) is 0.238. The topological polar surface area (TPSA) is 60.4 Å². The predicted molar refractivity (Wildman–Crippen MR) is 101 cm³/mol. The van der Waals surface area contributed by atoms with E-state index in [1.807, 2.05) is 6.07 Å². The maximum atomic E-state index is 12.8. The number of hydrogen-bond acceptors (Lipinski definition) is 4. The third kappa shape index (κ3) is 5.38. The van der Waals surface area contributed by atoms with Crippen LogP contribution in [0.15, 0.2) is 78.9 Å². The van der Waals surface area contributed by atoms with Crippen molar-refractivity contribution in [3.8, 4) is 0 Å². The van der Waals surface area contributed by atoms with Crippen molar-refractivity contribution >= 4 is 23.1 Å². The summed E-state index contributed by atoms with van der Waals surface area (Å²) in [6.45, 7) is 5.40. The van der Waals surface area contributed by atoms with E-state index in [1.54, 1.807) is 60.7 Å². The normalized spacial score (nSPS) is 10.9. The average molecular weight is 348 g/mol. The summed E-state index contributed by atoms with van der Waals surface area (Å²) in [5, 5.41) is 0. The average Bonchev–Trinajstić information content (AvgIpc) is 2.66. The first-order valence-electron chi connectivity index (χ1n) is 8.21. The third-order valence-corrected chi connectivity index (χ3v) is 3.65. The Bertz CT molecular complexity index is 833. The maximum absolute atomic E-state index is 12.8. The minimum absolute atomic E-state index is 0.174. The molecular weight excluding hydrogens is 328 g/mol. The Morgan fingerprint density at radius 3 is 2.00 bits per heavy atom. The smallest absolute Gasteiger partial charge is 0.302 e. The SMILES string of the molecule is C=C(/C=C(/C(=O)C(=O)c1ccccc1)c1ccccc1)CCOC(C)=O. The van der Waals surface area contributed by atoms with Gasteiger partial charge in [-0.3, -0.25) is 14.4 Å². The van der Waals surface area contributed by atoms with E-state index >= 15 is 0 Å². The molecule has 4 heteroatoms. The summed E-state index contributed by atoms with van der Waals surface area (Å²) in [6, 6.07) is 17.4. The number of hydrogen-bond donors (Lipinski definition) is 0. The van der Waals surface area contributed by atoms with Gasteiger partial charge < -0.3 is 4.74 Å². The predicted octanol–water partition coefficient (Wildman–Crippen LogP) is 4.03. The van der Waals surface area contributed by atoms with Gasteiger partial charge in [0.15, 0.2) is 0 Å². The highest BCUT2D eigenvalue weighted by Gasteiger charge is 2.21. The Morgan fingerprint density at radius 1 is 0.923 bits per heavy atom. The molecule has 0 aromatic heterocycles. The molecule has 0 aliphatic rings. The van der Waals surface area contributed by atoms with Crippen molar-refractivity contribution in [3.05, 3.63) is 90.0 Å². The minimum Gasteiger partial charge on any atom is -0.466 e. The number of allylic oxidation sites excluding steroid dienone is 2.